The highest BCUT2D eigenvalue weighted by Gasteiger charge is 2.40. The van der Waals surface area contributed by atoms with Gasteiger partial charge in [-0.25, -0.2) is 0 Å². The molecule has 0 spiro atoms. The van der Waals surface area contributed by atoms with E-state index in [-0.39, 0.29) is 0 Å². The van der Waals surface area contributed by atoms with Crippen LogP contribution in [0.1, 0.15) is 39.0 Å². The van der Waals surface area contributed by atoms with Gasteiger partial charge in [-0.05, 0) is 37.0 Å². The molecule has 0 aromatic heterocycles. The van der Waals surface area contributed by atoms with Crippen LogP contribution < -0.4 is 0 Å². The van der Waals surface area contributed by atoms with Crippen LogP contribution in [0.3, 0.4) is 0 Å². The molecule has 0 heteroatoms. The van der Waals surface area contributed by atoms with E-state index in [4.69, 9.17) is 0 Å². The van der Waals surface area contributed by atoms with Gasteiger partial charge in [-0.15, -0.1) is 0 Å². The lowest BCUT2D eigenvalue weighted by molar-refractivity contribution is 0.348. The van der Waals surface area contributed by atoms with Crippen LogP contribution in [0.5, 0.6) is 0 Å². The average molecular weight is 150 g/mol. The normalized spacial score (nSPS) is 43.0. The Balaban J connectivity index is 2.13. The number of allylic oxidation sites excluding steroid dienone is 1. The van der Waals surface area contributed by atoms with Crippen LogP contribution in [0, 0.1) is 17.8 Å². The van der Waals surface area contributed by atoms with E-state index >= 15 is 0 Å². The van der Waals surface area contributed by atoms with Crippen LogP contribution in [0.4, 0.5) is 0 Å². The van der Waals surface area contributed by atoms with Crippen LogP contribution in [0.2, 0.25) is 0 Å². The van der Waals surface area contributed by atoms with Gasteiger partial charge in [0.25, 0.3) is 0 Å². The lowest BCUT2D eigenvalue weighted by Gasteiger charge is -2.15. The van der Waals surface area contributed by atoms with E-state index in [2.05, 4.69) is 13.5 Å². The third-order valence-electron chi connectivity index (χ3n) is 3.75. The highest BCUT2D eigenvalue weighted by Crippen LogP contribution is 2.50. The van der Waals surface area contributed by atoms with Crippen molar-refractivity contribution in [1.29, 1.82) is 0 Å². The fourth-order valence-electron chi connectivity index (χ4n) is 3.15. The minimum absolute atomic E-state index is 0.931. The summed E-state index contributed by atoms with van der Waals surface area (Å²) < 4.78 is 0. The minimum atomic E-state index is 0.931. The van der Waals surface area contributed by atoms with Gasteiger partial charge in [0.2, 0.25) is 0 Å². The molecule has 0 nitrogen and oxygen atoms in total. The van der Waals surface area contributed by atoms with E-state index in [1.807, 2.05) is 0 Å². The summed E-state index contributed by atoms with van der Waals surface area (Å²) in [5, 5.41) is 0. The molecule has 3 atom stereocenters. The van der Waals surface area contributed by atoms with Crippen molar-refractivity contribution in [2.75, 3.05) is 0 Å². The first kappa shape index (κ1) is 7.39. The summed E-state index contributed by atoms with van der Waals surface area (Å²) in [7, 11) is 0. The van der Waals surface area contributed by atoms with Crippen LogP contribution in [-0.2, 0) is 0 Å². The molecule has 0 saturated heterocycles. The smallest absolute Gasteiger partial charge is 0.0175 e. The number of hydrogen-bond acceptors (Lipinski definition) is 0. The molecule has 0 radical (unpaired) electrons. The molecule has 3 unspecified atom stereocenters. The predicted molar refractivity (Wildman–Crippen MR) is 48.4 cm³/mol. The van der Waals surface area contributed by atoms with Crippen LogP contribution >= 0.6 is 0 Å². The molecule has 0 heterocycles. The van der Waals surface area contributed by atoms with E-state index in [1.165, 1.54) is 32.1 Å². The van der Waals surface area contributed by atoms with Crippen LogP contribution in [0.25, 0.3) is 0 Å². The molecular weight excluding hydrogens is 132 g/mol. The van der Waals surface area contributed by atoms with Crippen molar-refractivity contribution in [3.05, 3.63) is 12.2 Å². The van der Waals surface area contributed by atoms with Gasteiger partial charge >= 0.3 is 0 Å². The monoisotopic (exact) mass is 150 g/mol. The lowest BCUT2D eigenvalue weighted by Crippen LogP contribution is -2.07. The van der Waals surface area contributed by atoms with Crippen molar-refractivity contribution in [3.63, 3.8) is 0 Å². The summed E-state index contributed by atoms with van der Waals surface area (Å²) in [5.41, 5.74) is 1.57. The van der Waals surface area contributed by atoms with E-state index in [0.717, 1.165) is 17.8 Å². The average Bonchev–Trinajstić information content (AvgIpc) is 2.54. The third-order valence-corrected chi connectivity index (χ3v) is 3.75. The zero-order chi connectivity index (χ0) is 7.84. The van der Waals surface area contributed by atoms with Gasteiger partial charge in [-0.3, -0.25) is 0 Å². The molecule has 2 aliphatic carbocycles. The largest absolute Gasteiger partial charge is 0.0996 e. The molecule has 2 fully saturated rings. The summed E-state index contributed by atoms with van der Waals surface area (Å²) in [6, 6.07) is 0. The maximum atomic E-state index is 4.20. The first-order valence-electron chi connectivity index (χ1n) is 5.00. The van der Waals surface area contributed by atoms with Crippen molar-refractivity contribution in [2.45, 2.75) is 39.0 Å². The van der Waals surface area contributed by atoms with Crippen LogP contribution in [0.15, 0.2) is 12.2 Å². The van der Waals surface area contributed by atoms with Crippen LogP contribution in [-0.4, -0.2) is 0 Å². The summed E-state index contributed by atoms with van der Waals surface area (Å²) >= 11 is 0. The standard InChI is InChI=1S/C11H18/c1-3-9-7-8(2)10-5-4-6-11(9)10/h9-11H,2-7H2,1H3. The highest BCUT2D eigenvalue weighted by molar-refractivity contribution is 5.13. The Morgan fingerprint density at radius 1 is 1.45 bits per heavy atom. The van der Waals surface area contributed by atoms with Crippen molar-refractivity contribution in [3.8, 4) is 0 Å². The van der Waals surface area contributed by atoms with Crippen molar-refractivity contribution < 1.29 is 0 Å². The van der Waals surface area contributed by atoms with Gasteiger partial charge in [0.1, 0.15) is 0 Å². The van der Waals surface area contributed by atoms with Crippen molar-refractivity contribution in [1.82, 2.24) is 0 Å². The van der Waals surface area contributed by atoms with Crippen molar-refractivity contribution in [2.24, 2.45) is 17.8 Å². The second-order valence-electron chi connectivity index (χ2n) is 4.23. The Labute approximate surface area is 69.7 Å². The van der Waals surface area contributed by atoms with Gasteiger partial charge in [0, 0.05) is 0 Å². The van der Waals surface area contributed by atoms with Gasteiger partial charge in [-0.1, -0.05) is 31.9 Å². The number of rotatable bonds is 1. The fraction of sp³-hybridized carbons (Fsp3) is 0.818. The molecule has 62 valence electrons. The minimum Gasteiger partial charge on any atom is -0.0996 e. The maximum Gasteiger partial charge on any atom is -0.0175 e. The summed E-state index contributed by atoms with van der Waals surface area (Å²) in [4.78, 5) is 0. The molecule has 2 rings (SSSR count). The SMILES string of the molecule is C=C1CC(CC)C2CCCC12. The predicted octanol–water partition coefficient (Wildman–Crippen LogP) is 3.39. The molecule has 0 aromatic carbocycles. The third kappa shape index (κ3) is 1.04. The lowest BCUT2D eigenvalue weighted by atomic mass is 9.90. The van der Waals surface area contributed by atoms with E-state index in [9.17, 15) is 0 Å². The van der Waals surface area contributed by atoms with Gasteiger partial charge in [-0.2, -0.15) is 0 Å². The summed E-state index contributed by atoms with van der Waals surface area (Å²) in [6.07, 6.45) is 7.11. The first-order valence-corrected chi connectivity index (χ1v) is 5.00. The van der Waals surface area contributed by atoms with Gasteiger partial charge in [0.05, 0.1) is 0 Å². The highest BCUT2D eigenvalue weighted by atomic mass is 14.4. The van der Waals surface area contributed by atoms with E-state index in [0.29, 0.717) is 0 Å². The molecule has 2 saturated carbocycles. The zero-order valence-corrected chi connectivity index (χ0v) is 7.47. The Kier molecular flexibility index (Phi) is 1.78. The van der Waals surface area contributed by atoms with Gasteiger partial charge < -0.3 is 0 Å². The maximum absolute atomic E-state index is 4.20. The quantitative estimate of drug-likeness (QED) is 0.503. The Morgan fingerprint density at radius 2 is 2.27 bits per heavy atom. The zero-order valence-electron chi connectivity index (χ0n) is 7.47. The second-order valence-corrected chi connectivity index (χ2v) is 4.23. The molecule has 0 amide bonds. The first-order chi connectivity index (χ1) is 5.33. The Morgan fingerprint density at radius 3 is 3.00 bits per heavy atom. The summed E-state index contributed by atoms with van der Waals surface area (Å²) in [5.74, 6) is 2.96. The Hall–Kier alpha value is -0.260. The molecule has 0 aromatic rings. The fourth-order valence-corrected chi connectivity index (χ4v) is 3.15. The summed E-state index contributed by atoms with van der Waals surface area (Å²) in [6.45, 7) is 6.53. The van der Waals surface area contributed by atoms with Crippen molar-refractivity contribution >= 4 is 0 Å². The molecular formula is C11H18. The molecule has 0 aliphatic heterocycles. The topological polar surface area (TPSA) is 0 Å². The second kappa shape index (κ2) is 2.66. The van der Waals surface area contributed by atoms with E-state index < -0.39 is 0 Å². The number of fused-ring (bicyclic) bond motifs is 1. The molecule has 0 bridgehead atoms. The molecule has 2 aliphatic rings. The molecule has 11 heavy (non-hydrogen) atoms. The van der Waals surface area contributed by atoms with E-state index in [1.54, 1.807) is 5.57 Å². The van der Waals surface area contributed by atoms with Gasteiger partial charge in [0.15, 0.2) is 0 Å². The molecule has 0 N–H and O–H groups in total. The number of hydrogen-bond donors (Lipinski definition) is 0. The Bertz CT molecular complexity index is 169.